The summed E-state index contributed by atoms with van der Waals surface area (Å²) >= 11 is 0. The summed E-state index contributed by atoms with van der Waals surface area (Å²) in [7, 11) is 4.08. The van der Waals surface area contributed by atoms with Crippen LogP contribution >= 0.6 is 0 Å². The van der Waals surface area contributed by atoms with Crippen molar-refractivity contribution < 1.29 is 13.2 Å². The van der Waals surface area contributed by atoms with Crippen molar-refractivity contribution >= 4 is 0 Å². The molecule has 0 aromatic heterocycles. The van der Waals surface area contributed by atoms with Gasteiger partial charge in [0, 0.05) is 0 Å². The Balaban J connectivity index is 2.06. The fourth-order valence-corrected chi connectivity index (χ4v) is 2.52. The highest BCUT2D eigenvalue weighted by Gasteiger charge is 2.41. The van der Waals surface area contributed by atoms with E-state index in [-0.39, 0.29) is 0 Å². The van der Waals surface area contributed by atoms with Crippen molar-refractivity contribution in [1.29, 1.82) is 0 Å². The fraction of sp³-hybridized carbons (Fsp3) is 1.00. The Morgan fingerprint density at radius 3 is 2.22 bits per heavy atom. The maximum Gasteiger partial charge on any atom is 0.391 e. The van der Waals surface area contributed by atoms with Crippen LogP contribution in [-0.4, -0.2) is 44.8 Å². The zero-order valence-corrected chi connectivity index (χ0v) is 11.4. The van der Waals surface area contributed by atoms with Crippen LogP contribution in [0.3, 0.4) is 0 Å². The van der Waals surface area contributed by atoms with Gasteiger partial charge in [-0.15, -0.1) is 0 Å². The molecule has 0 bridgehead atoms. The van der Waals surface area contributed by atoms with Gasteiger partial charge in [0.25, 0.3) is 0 Å². The first-order valence-electron chi connectivity index (χ1n) is 6.81. The zero-order valence-electron chi connectivity index (χ0n) is 11.4. The molecular formula is C13H25F3N2. The SMILES string of the molecule is CN(C)CCCNCC1CCC(C(F)(F)F)CC1. The lowest BCUT2D eigenvalue weighted by atomic mass is 9.81. The van der Waals surface area contributed by atoms with Crippen LogP contribution in [0.25, 0.3) is 0 Å². The van der Waals surface area contributed by atoms with Gasteiger partial charge in [-0.1, -0.05) is 0 Å². The van der Waals surface area contributed by atoms with Gasteiger partial charge in [-0.3, -0.25) is 0 Å². The van der Waals surface area contributed by atoms with E-state index in [9.17, 15) is 13.2 Å². The van der Waals surface area contributed by atoms with Gasteiger partial charge in [-0.05, 0) is 71.8 Å². The first kappa shape index (κ1) is 15.8. The number of halogens is 3. The van der Waals surface area contributed by atoms with Crippen LogP contribution in [0.1, 0.15) is 32.1 Å². The Kier molecular flexibility index (Phi) is 6.43. The molecule has 0 spiro atoms. The molecule has 1 aliphatic rings. The Labute approximate surface area is 108 Å². The second-order valence-corrected chi connectivity index (χ2v) is 5.62. The van der Waals surface area contributed by atoms with Crippen LogP contribution in [0.5, 0.6) is 0 Å². The molecule has 0 saturated heterocycles. The summed E-state index contributed by atoms with van der Waals surface area (Å²) in [5, 5.41) is 3.36. The van der Waals surface area contributed by atoms with Gasteiger partial charge >= 0.3 is 6.18 Å². The molecular weight excluding hydrogens is 241 g/mol. The predicted octanol–water partition coefficient (Wildman–Crippen LogP) is 2.90. The first-order chi connectivity index (χ1) is 8.39. The average Bonchev–Trinajstić information content (AvgIpc) is 2.27. The van der Waals surface area contributed by atoms with E-state index in [0.29, 0.717) is 31.6 Å². The van der Waals surface area contributed by atoms with Gasteiger partial charge in [0.15, 0.2) is 0 Å². The lowest BCUT2D eigenvalue weighted by molar-refractivity contribution is -0.183. The van der Waals surface area contributed by atoms with Crippen LogP contribution in [0.2, 0.25) is 0 Å². The predicted molar refractivity (Wildman–Crippen MR) is 67.5 cm³/mol. The lowest BCUT2D eigenvalue weighted by Crippen LogP contribution is -2.32. The lowest BCUT2D eigenvalue weighted by Gasteiger charge is -2.30. The number of hydrogen-bond donors (Lipinski definition) is 1. The van der Waals surface area contributed by atoms with E-state index in [1.165, 1.54) is 0 Å². The van der Waals surface area contributed by atoms with Gasteiger partial charge in [0.2, 0.25) is 0 Å². The Morgan fingerprint density at radius 1 is 1.11 bits per heavy atom. The molecule has 0 aromatic carbocycles. The summed E-state index contributed by atoms with van der Waals surface area (Å²) in [6, 6.07) is 0. The molecule has 0 atom stereocenters. The molecule has 0 aliphatic heterocycles. The highest BCUT2D eigenvalue weighted by molar-refractivity contribution is 4.78. The topological polar surface area (TPSA) is 15.3 Å². The second-order valence-electron chi connectivity index (χ2n) is 5.62. The van der Waals surface area contributed by atoms with E-state index in [0.717, 1.165) is 26.1 Å². The first-order valence-corrected chi connectivity index (χ1v) is 6.81. The highest BCUT2D eigenvalue weighted by Crippen LogP contribution is 2.39. The quantitative estimate of drug-likeness (QED) is 0.744. The number of nitrogens with one attached hydrogen (secondary N) is 1. The Bertz CT molecular complexity index is 221. The molecule has 108 valence electrons. The van der Waals surface area contributed by atoms with Crippen LogP contribution in [-0.2, 0) is 0 Å². The molecule has 0 unspecified atom stereocenters. The van der Waals surface area contributed by atoms with Crippen molar-refractivity contribution in [2.24, 2.45) is 11.8 Å². The molecule has 1 aliphatic carbocycles. The molecule has 0 radical (unpaired) electrons. The van der Waals surface area contributed by atoms with Crippen molar-refractivity contribution in [3.05, 3.63) is 0 Å². The largest absolute Gasteiger partial charge is 0.391 e. The van der Waals surface area contributed by atoms with Crippen molar-refractivity contribution in [2.75, 3.05) is 33.7 Å². The second kappa shape index (κ2) is 7.34. The van der Waals surface area contributed by atoms with Gasteiger partial charge in [0.05, 0.1) is 5.92 Å². The molecule has 1 rings (SSSR count). The van der Waals surface area contributed by atoms with E-state index >= 15 is 0 Å². The Morgan fingerprint density at radius 2 is 1.72 bits per heavy atom. The molecule has 2 nitrogen and oxygen atoms in total. The fourth-order valence-electron chi connectivity index (χ4n) is 2.52. The third-order valence-electron chi connectivity index (χ3n) is 3.70. The molecule has 1 saturated carbocycles. The molecule has 5 heteroatoms. The average molecular weight is 266 g/mol. The minimum Gasteiger partial charge on any atom is -0.316 e. The summed E-state index contributed by atoms with van der Waals surface area (Å²) in [6.45, 7) is 2.88. The van der Waals surface area contributed by atoms with Crippen molar-refractivity contribution in [3.63, 3.8) is 0 Å². The van der Waals surface area contributed by atoms with Crippen LogP contribution in [0.4, 0.5) is 13.2 Å². The van der Waals surface area contributed by atoms with E-state index in [4.69, 9.17) is 0 Å². The maximum atomic E-state index is 12.5. The van der Waals surface area contributed by atoms with E-state index in [2.05, 4.69) is 10.2 Å². The molecule has 1 N–H and O–H groups in total. The van der Waals surface area contributed by atoms with E-state index < -0.39 is 12.1 Å². The number of alkyl halides is 3. The smallest absolute Gasteiger partial charge is 0.316 e. The molecule has 0 amide bonds. The number of rotatable bonds is 6. The van der Waals surface area contributed by atoms with Crippen LogP contribution < -0.4 is 5.32 Å². The van der Waals surface area contributed by atoms with Crippen molar-refractivity contribution in [2.45, 2.75) is 38.3 Å². The zero-order chi connectivity index (χ0) is 13.6. The van der Waals surface area contributed by atoms with Gasteiger partial charge in [-0.2, -0.15) is 13.2 Å². The Hall–Kier alpha value is -0.290. The summed E-state index contributed by atoms with van der Waals surface area (Å²) in [6.07, 6.45) is -0.841. The maximum absolute atomic E-state index is 12.5. The minimum atomic E-state index is -3.98. The highest BCUT2D eigenvalue weighted by atomic mass is 19.4. The molecule has 0 aromatic rings. The van der Waals surface area contributed by atoms with Crippen LogP contribution in [0, 0.1) is 11.8 Å². The van der Waals surface area contributed by atoms with Crippen molar-refractivity contribution in [1.82, 2.24) is 10.2 Å². The normalized spacial score (nSPS) is 25.7. The summed E-state index contributed by atoms with van der Waals surface area (Å²) < 4.78 is 37.4. The van der Waals surface area contributed by atoms with Crippen molar-refractivity contribution in [3.8, 4) is 0 Å². The van der Waals surface area contributed by atoms with Gasteiger partial charge < -0.3 is 10.2 Å². The van der Waals surface area contributed by atoms with Crippen LogP contribution in [0.15, 0.2) is 0 Å². The number of hydrogen-bond acceptors (Lipinski definition) is 2. The van der Waals surface area contributed by atoms with E-state index in [1.54, 1.807) is 0 Å². The third-order valence-corrected chi connectivity index (χ3v) is 3.70. The monoisotopic (exact) mass is 266 g/mol. The summed E-state index contributed by atoms with van der Waals surface area (Å²) in [5.74, 6) is -0.620. The number of nitrogens with zero attached hydrogens (tertiary/aromatic N) is 1. The summed E-state index contributed by atoms with van der Waals surface area (Å²) in [5.41, 5.74) is 0. The molecule has 1 fully saturated rings. The van der Waals surface area contributed by atoms with E-state index in [1.807, 2.05) is 14.1 Å². The van der Waals surface area contributed by atoms with Gasteiger partial charge in [0.1, 0.15) is 0 Å². The summed E-state index contributed by atoms with van der Waals surface area (Å²) in [4.78, 5) is 2.14. The third kappa shape index (κ3) is 6.05. The minimum absolute atomic E-state index is 0.313. The van der Waals surface area contributed by atoms with Gasteiger partial charge in [-0.25, -0.2) is 0 Å². The molecule has 18 heavy (non-hydrogen) atoms. The standard InChI is InChI=1S/C13H25F3N2/c1-18(2)9-3-8-17-10-11-4-6-12(7-5-11)13(14,15)16/h11-12,17H,3-10H2,1-2H3. The molecule has 0 heterocycles.